The lowest BCUT2D eigenvalue weighted by Gasteiger charge is -2.18. The second-order valence-corrected chi connectivity index (χ2v) is 6.16. The number of nitrogens with one attached hydrogen (secondary N) is 1. The molecule has 0 fully saturated rings. The van der Waals surface area contributed by atoms with Crippen LogP contribution in [-0.4, -0.2) is 32.8 Å². The molecule has 1 aromatic carbocycles. The Morgan fingerprint density at radius 2 is 2.04 bits per heavy atom. The van der Waals surface area contributed by atoms with Crippen molar-refractivity contribution in [3.8, 4) is 0 Å². The van der Waals surface area contributed by atoms with Gasteiger partial charge in [-0.3, -0.25) is 14.3 Å². The Balaban J connectivity index is 1.95. The number of halogens is 1. The first-order valence-corrected chi connectivity index (χ1v) is 8.05. The number of aromatic nitrogens is 2. The molecule has 0 aliphatic rings. The number of hydrogen-bond donors (Lipinski definition) is 2. The van der Waals surface area contributed by atoms with Crippen LogP contribution in [0.4, 0.5) is 0 Å². The van der Waals surface area contributed by atoms with Crippen molar-refractivity contribution in [3.05, 3.63) is 52.8 Å². The van der Waals surface area contributed by atoms with Gasteiger partial charge in [0.15, 0.2) is 0 Å². The van der Waals surface area contributed by atoms with Crippen LogP contribution in [0.15, 0.2) is 47.2 Å². The van der Waals surface area contributed by atoms with Gasteiger partial charge in [-0.1, -0.05) is 30.3 Å². The van der Waals surface area contributed by atoms with E-state index >= 15 is 0 Å². The van der Waals surface area contributed by atoms with E-state index in [0.717, 1.165) is 10.0 Å². The van der Waals surface area contributed by atoms with Gasteiger partial charge < -0.3 is 10.4 Å². The molecule has 0 spiro atoms. The van der Waals surface area contributed by atoms with Crippen molar-refractivity contribution in [2.24, 2.45) is 0 Å². The molecule has 0 saturated carbocycles. The van der Waals surface area contributed by atoms with Crippen molar-refractivity contribution >= 4 is 27.8 Å². The normalized spacial score (nSPS) is 11.9. The molecule has 122 valence electrons. The lowest BCUT2D eigenvalue weighted by molar-refractivity contribution is -0.137. The fraction of sp³-hybridized carbons (Fsp3) is 0.312. The van der Waals surface area contributed by atoms with Crippen LogP contribution in [0.3, 0.4) is 0 Å². The van der Waals surface area contributed by atoms with Crippen LogP contribution in [0, 0.1) is 0 Å². The van der Waals surface area contributed by atoms with Gasteiger partial charge in [0.2, 0.25) is 5.91 Å². The minimum atomic E-state index is -0.867. The van der Waals surface area contributed by atoms with E-state index in [4.69, 9.17) is 5.11 Å². The van der Waals surface area contributed by atoms with Gasteiger partial charge in [0, 0.05) is 18.7 Å². The summed E-state index contributed by atoms with van der Waals surface area (Å²) in [6, 6.07) is 9.47. The van der Waals surface area contributed by atoms with Gasteiger partial charge in [0.05, 0.1) is 10.7 Å². The van der Waals surface area contributed by atoms with Crippen LogP contribution in [0.1, 0.15) is 18.4 Å². The molecule has 0 radical (unpaired) electrons. The zero-order valence-corrected chi connectivity index (χ0v) is 14.1. The van der Waals surface area contributed by atoms with Crippen molar-refractivity contribution in [3.63, 3.8) is 0 Å². The van der Waals surface area contributed by atoms with Gasteiger partial charge in [-0.15, -0.1) is 0 Å². The quantitative estimate of drug-likeness (QED) is 0.736. The Bertz CT molecular complexity index is 658. The zero-order chi connectivity index (χ0) is 16.7. The van der Waals surface area contributed by atoms with Gasteiger partial charge in [0.1, 0.15) is 6.54 Å². The molecule has 23 heavy (non-hydrogen) atoms. The fourth-order valence-electron chi connectivity index (χ4n) is 2.27. The van der Waals surface area contributed by atoms with Crippen molar-refractivity contribution < 1.29 is 14.7 Å². The van der Waals surface area contributed by atoms with E-state index in [2.05, 4.69) is 26.3 Å². The molecule has 2 aromatic rings. The molecule has 2 rings (SSSR count). The van der Waals surface area contributed by atoms with Crippen molar-refractivity contribution in [2.75, 3.05) is 0 Å². The Labute approximate surface area is 142 Å². The molecular formula is C16H18BrN3O3. The molecule has 1 amide bonds. The lowest BCUT2D eigenvalue weighted by atomic mass is 10.0. The monoisotopic (exact) mass is 379 g/mol. The first kappa shape index (κ1) is 17.2. The highest BCUT2D eigenvalue weighted by molar-refractivity contribution is 9.10. The second-order valence-electron chi connectivity index (χ2n) is 5.24. The fourth-order valence-corrected chi connectivity index (χ4v) is 2.59. The summed E-state index contributed by atoms with van der Waals surface area (Å²) in [4.78, 5) is 22.9. The van der Waals surface area contributed by atoms with E-state index in [1.54, 1.807) is 12.4 Å². The van der Waals surface area contributed by atoms with E-state index in [0.29, 0.717) is 12.8 Å². The number of nitrogens with zero attached hydrogens (tertiary/aromatic N) is 2. The smallest absolute Gasteiger partial charge is 0.303 e. The van der Waals surface area contributed by atoms with Gasteiger partial charge in [0.25, 0.3) is 0 Å². The maximum Gasteiger partial charge on any atom is 0.303 e. The van der Waals surface area contributed by atoms with Crippen molar-refractivity contribution in [1.29, 1.82) is 0 Å². The third-order valence-corrected chi connectivity index (χ3v) is 3.71. The maximum atomic E-state index is 12.1. The second kappa shape index (κ2) is 8.47. The van der Waals surface area contributed by atoms with Crippen LogP contribution >= 0.6 is 15.9 Å². The number of benzene rings is 1. The molecule has 1 atom stereocenters. The summed E-state index contributed by atoms with van der Waals surface area (Å²) in [6.07, 6.45) is 4.33. The van der Waals surface area contributed by atoms with Gasteiger partial charge in [-0.05, 0) is 34.3 Å². The molecule has 1 aromatic heterocycles. The van der Waals surface area contributed by atoms with Crippen molar-refractivity contribution in [2.45, 2.75) is 31.8 Å². The minimum absolute atomic E-state index is 0.0189. The average Bonchev–Trinajstić information content (AvgIpc) is 2.90. The number of hydrogen-bond acceptors (Lipinski definition) is 3. The molecule has 0 aliphatic carbocycles. The number of carbonyl (C=O) groups is 2. The number of carbonyl (C=O) groups excluding carboxylic acids is 1. The first-order valence-electron chi connectivity index (χ1n) is 7.26. The summed E-state index contributed by atoms with van der Waals surface area (Å²) in [5.74, 6) is -1.06. The summed E-state index contributed by atoms with van der Waals surface area (Å²) < 4.78 is 2.33. The molecular weight excluding hydrogens is 362 g/mol. The van der Waals surface area contributed by atoms with E-state index < -0.39 is 5.97 Å². The van der Waals surface area contributed by atoms with Gasteiger partial charge >= 0.3 is 5.97 Å². The molecule has 7 heteroatoms. The number of rotatable bonds is 8. The largest absolute Gasteiger partial charge is 0.481 e. The van der Waals surface area contributed by atoms with Crippen LogP contribution in [0.25, 0.3) is 0 Å². The first-order chi connectivity index (χ1) is 11.0. The van der Waals surface area contributed by atoms with Crippen LogP contribution in [-0.2, 0) is 22.6 Å². The molecule has 2 N–H and O–H groups in total. The predicted molar refractivity (Wildman–Crippen MR) is 88.9 cm³/mol. The highest BCUT2D eigenvalue weighted by atomic mass is 79.9. The highest BCUT2D eigenvalue weighted by Gasteiger charge is 2.15. The van der Waals surface area contributed by atoms with E-state index in [1.807, 2.05) is 30.3 Å². The summed E-state index contributed by atoms with van der Waals surface area (Å²) in [5, 5.41) is 15.8. The van der Waals surface area contributed by atoms with E-state index in [9.17, 15) is 9.59 Å². The Hall–Kier alpha value is -2.15. The van der Waals surface area contributed by atoms with Crippen molar-refractivity contribution in [1.82, 2.24) is 15.1 Å². The number of carboxylic acids is 1. The maximum absolute atomic E-state index is 12.1. The lowest BCUT2D eigenvalue weighted by Crippen LogP contribution is -2.38. The third-order valence-electron chi connectivity index (χ3n) is 3.30. The molecule has 6 nitrogen and oxygen atoms in total. The van der Waals surface area contributed by atoms with Gasteiger partial charge in [-0.25, -0.2) is 0 Å². The highest BCUT2D eigenvalue weighted by Crippen LogP contribution is 2.09. The number of aliphatic carboxylic acids is 1. The van der Waals surface area contributed by atoms with E-state index in [-0.39, 0.29) is 24.9 Å². The van der Waals surface area contributed by atoms with Crippen LogP contribution < -0.4 is 5.32 Å². The molecule has 1 heterocycles. The van der Waals surface area contributed by atoms with Crippen LogP contribution in [0.2, 0.25) is 0 Å². The summed E-state index contributed by atoms with van der Waals surface area (Å²) in [5.41, 5.74) is 1.06. The van der Waals surface area contributed by atoms with Crippen LogP contribution in [0.5, 0.6) is 0 Å². The summed E-state index contributed by atoms with van der Waals surface area (Å²) in [7, 11) is 0. The number of amides is 1. The van der Waals surface area contributed by atoms with E-state index in [1.165, 1.54) is 4.68 Å². The number of carboxylic acid groups (broad SMARTS) is 1. The zero-order valence-electron chi connectivity index (χ0n) is 12.5. The van der Waals surface area contributed by atoms with Gasteiger partial charge in [-0.2, -0.15) is 5.10 Å². The standard InChI is InChI=1S/C16H18BrN3O3/c17-13-9-18-20(10-13)11-15(21)19-14(6-7-16(22)23)8-12-4-2-1-3-5-12/h1-5,9-10,14H,6-8,11H2,(H,19,21)(H,22,23). The third kappa shape index (κ3) is 6.23. The Morgan fingerprint density at radius 3 is 2.65 bits per heavy atom. The minimum Gasteiger partial charge on any atom is -0.481 e. The molecule has 1 unspecified atom stereocenters. The Kier molecular flexibility index (Phi) is 6.34. The molecule has 0 aliphatic heterocycles. The average molecular weight is 380 g/mol. The summed E-state index contributed by atoms with van der Waals surface area (Å²) in [6.45, 7) is 0.101. The SMILES string of the molecule is O=C(O)CCC(Cc1ccccc1)NC(=O)Cn1cc(Br)cn1. The summed E-state index contributed by atoms with van der Waals surface area (Å²) >= 11 is 3.28. The topological polar surface area (TPSA) is 84.2 Å². The predicted octanol–water partition coefficient (Wildman–Crippen LogP) is 2.24. The molecule has 0 bridgehead atoms. The molecule has 0 saturated heterocycles. The Morgan fingerprint density at radius 1 is 1.30 bits per heavy atom.